The molecule has 2 aromatic rings. The molecule has 0 fully saturated rings. The second kappa shape index (κ2) is 5.35. The number of imide groups is 2. The normalized spacial score (nSPS) is 15.4. The summed E-state index contributed by atoms with van der Waals surface area (Å²) in [5.41, 5.74) is 1.25. The Labute approximate surface area is 148 Å². The third kappa shape index (κ3) is 1.81. The standard InChI is InChI=1S/C20H12N2O4/c1-3-11-7-5-8-12-15(11)20(26)22(18(12)24)14-10-6-9-13-16(14)19(25)21(4-2)17(13)23/h3-10H,1-2H2. The predicted octanol–water partition coefficient (Wildman–Crippen LogP) is 2.87. The summed E-state index contributed by atoms with van der Waals surface area (Å²) in [6.45, 7) is 7.13. The first-order chi connectivity index (χ1) is 12.5. The minimum atomic E-state index is -0.615. The van der Waals surface area contributed by atoms with Gasteiger partial charge in [-0.05, 0) is 23.8 Å². The second-order valence-corrected chi connectivity index (χ2v) is 5.78. The molecule has 0 unspecified atom stereocenters. The first kappa shape index (κ1) is 15.7. The van der Waals surface area contributed by atoms with Crippen molar-refractivity contribution >= 4 is 35.4 Å². The summed E-state index contributed by atoms with van der Waals surface area (Å²) in [5.74, 6) is -2.24. The number of hydrogen-bond donors (Lipinski definition) is 0. The van der Waals surface area contributed by atoms with Gasteiger partial charge in [-0.25, -0.2) is 9.80 Å². The number of carbonyl (C=O) groups is 4. The van der Waals surface area contributed by atoms with E-state index in [1.165, 1.54) is 24.3 Å². The fourth-order valence-corrected chi connectivity index (χ4v) is 3.34. The third-order valence-corrected chi connectivity index (χ3v) is 4.51. The summed E-state index contributed by atoms with van der Waals surface area (Å²) < 4.78 is 0. The molecular weight excluding hydrogens is 332 g/mol. The molecule has 6 nitrogen and oxygen atoms in total. The van der Waals surface area contributed by atoms with Crippen LogP contribution in [0.25, 0.3) is 6.08 Å². The zero-order chi connectivity index (χ0) is 18.6. The van der Waals surface area contributed by atoms with Crippen LogP contribution in [0, 0.1) is 0 Å². The SMILES string of the molecule is C=Cc1cccc2c1C(=O)N(c1cccc3c1C(=O)N(C=C)C3=O)C2=O. The number of fused-ring (bicyclic) bond motifs is 2. The monoisotopic (exact) mass is 344 g/mol. The van der Waals surface area contributed by atoms with Gasteiger partial charge < -0.3 is 0 Å². The van der Waals surface area contributed by atoms with E-state index in [1.54, 1.807) is 18.2 Å². The molecule has 26 heavy (non-hydrogen) atoms. The van der Waals surface area contributed by atoms with Gasteiger partial charge >= 0.3 is 0 Å². The molecule has 0 saturated carbocycles. The molecule has 6 heteroatoms. The Morgan fingerprint density at radius 1 is 0.731 bits per heavy atom. The smallest absolute Gasteiger partial charge is 0.267 e. The molecule has 2 aromatic carbocycles. The maximum Gasteiger partial charge on any atom is 0.267 e. The topological polar surface area (TPSA) is 74.8 Å². The van der Waals surface area contributed by atoms with E-state index >= 15 is 0 Å². The van der Waals surface area contributed by atoms with Gasteiger partial charge in [0.15, 0.2) is 0 Å². The summed E-state index contributed by atoms with van der Waals surface area (Å²) in [7, 11) is 0. The molecule has 126 valence electrons. The minimum absolute atomic E-state index is 0.0204. The highest BCUT2D eigenvalue weighted by atomic mass is 16.2. The maximum atomic E-state index is 13.0. The van der Waals surface area contributed by atoms with Crippen LogP contribution in [0.3, 0.4) is 0 Å². The summed E-state index contributed by atoms with van der Waals surface area (Å²) in [5, 5.41) is 0. The van der Waals surface area contributed by atoms with Crippen LogP contribution >= 0.6 is 0 Å². The minimum Gasteiger partial charge on any atom is -0.268 e. The van der Waals surface area contributed by atoms with Gasteiger partial charge in [0.1, 0.15) is 0 Å². The Kier molecular flexibility index (Phi) is 3.23. The molecule has 0 aromatic heterocycles. The molecular formula is C20H12N2O4. The molecule has 2 aliphatic heterocycles. The van der Waals surface area contributed by atoms with Crippen molar-refractivity contribution in [3.63, 3.8) is 0 Å². The van der Waals surface area contributed by atoms with Crippen LogP contribution in [-0.4, -0.2) is 28.5 Å². The summed E-state index contributed by atoms with van der Waals surface area (Å²) in [4.78, 5) is 52.5. The number of nitrogens with zero attached hydrogens (tertiary/aromatic N) is 2. The molecule has 2 aliphatic rings. The first-order valence-corrected chi connectivity index (χ1v) is 7.79. The molecule has 0 spiro atoms. The lowest BCUT2D eigenvalue weighted by atomic mass is 10.0. The molecule has 0 saturated heterocycles. The summed E-state index contributed by atoms with van der Waals surface area (Å²) >= 11 is 0. The fraction of sp³-hybridized carbons (Fsp3) is 0. The van der Waals surface area contributed by atoms with E-state index < -0.39 is 23.6 Å². The zero-order valence-electron chi connectivity index (χ0n) is 13.6. The van der Waals surface area contributed by atoms with Crippen LogP contribution in [0.5, 0.6) is 0 Å². The Hall–Kier alpha value is -3.80. The molecule has 0 bridgehead atoms. The average molecular weight is 344 g/mol. The van der Waals surface area contributed by atoms with Gasteiger partial charge in [-0.2, -0.15) is 0 Å². The third-order valence-electron chi connectivity index (χ3n) is 4.51. The van der Waals surface area contributed by atoms with Gasteiger partial charge in [-0.3, -0.25) is 19.2 Å². The van der Waals surface area contributed by atoms with Crippen LogP contribution in [0.2, 0.25) is 0 Å². The van der Waals surface area contributed by atoms with E-state index in [-0.39, 0.29) is 27.9 Å². The predicted molar refractivity (Wildman–Crippen MR) is 94.8 cm³/mol. The van der Waals surface area contributed by atoms with E-state index in [2.05, 4.69) is 13.2 Å². The van der Waals surface area contributed by atoms with E-state index in [9.17, 15) is 19.2 Å². The van der Waals surface area contributed by atoms with Crippen molar-refractivity contribution < 1.29 is 19.2 Å². The number of amides is 4. The van der Waals surface area contributed by atoms with Crippen molar-refractivity contribution in [3.8, 4) is 0 Å². The van der Waals surface area contributed by atoms with Gasteiger partial charge in [0.2, 0.25) is 0 Å². The molecule has 4 rings (SSSR count). The maximum absolute atomic E-state index is 13.0. The molecule has 0 radical (unpaired) electrons. The number of anilines is 1. The highest BCUT2D eigenvalue weighted by molar-refractivity contribution is 6.37. The summed E-state index contributed by atoms with van der Waals surface area (Å²) in [6, 6.07) is 9.39. The van der Waals surface area contributed by atoms with E-state index in [0.29, 0.717) is 5.56 Å². The van der Waals surface area contributed by atoms with Crippen LogP contribution in [0.4, 0.5) is 5.69 Å². The van der Waals surface area contributed by atoms with E-state index in [1.807, 2.05) is 0 Å². The average Bonchev–Trinajstić information content (AvgIpc) is 3.06. The van der Waals surface area contributed by atoms with Crippen molar-refractivity contribution in [1.29, 1.82) is 0 Å². The van der Waals surface area contributed by atoms with Gasteiger partial charge in [0.25, 0.3) is 23.6 Å². The summed E-state index contributed by atoms with van der Waals surface area (Å²) in [6.07, 6.45) is 2.61. The molecule has 4 amide bonds. The van der Waals surface area contributed by atoms with E-state index in [4.69, 9.17) is 0 Å². The Morgan fingerprint density at radius 2 is 1.38 bits per heavy atom. The lowest BCUT2D eigenvalue weighted by Gasteiger charge is -2.16. The van der Waals surface area contributed by atoms with Crippen molar-refractivity contribution in [3.05, 3.63) is 83.6 Å². The second-order valence-electron chi connectivity index (χ2n) is 5.78. The van der Waals surface area contributed by atoms with Crippen molar-refractivity contribution in [1.82, 2.24) is 4.90 Å². The zero-order valence-corrected chi connectivity index (χ0v) is 13.6. The number of hydrogen-bond acceptors (Lipinski definition) is 4. The van der Waals surface area contributed by atoms with Gasteiger partial charge in [-0.15, -0.1) is 0 Å². The van der Waals surface area contributed by atoms with Gasteiger partial charge in [0, 0.05) is 6.20 Å². The van der Waals surface area contributed by atoms with Crippen molar-refractivity contribution in [2.24, 2.45) is 0 Å². The van der Waals surface area contributed by atoms with Gasteiger partial charge in [-0.1, -0.05) is 37.4 Å². The molecule has 0 atom stereocenters. The lowest BCUT2D eigenvalue weighted by Crippen LogP contribution is -2.31. The Morgan fingerprint density at radius 3 is 2.04 bits per heavy atom. The Balaban J connectivity index is 1.93. The van der Waals surface area contributed by atoms with Gasteiger partial charge in [0.05, 0.1) is 27.9 Å². The number of rotatable bonds is 3. The Bertz CT molecular complexity index is 1070. The van der Waals surface area contributed by atoms with Crippen LogP contribution in [0.15, 0.2) is 55.8 Å². The first-order valence-electron chi connectivity index (χ1n) is 7.79. The van der Waals surface area contributed by atoms with Crippen molar-refractivity contribution in [2.75, 3.05) is 4.90 Å². The van der Waals surface area contributed by atoms with Crippen LogP contribution in [0.1, 0.15) is 47.0 Å². The molecule has 2 heterocycles. The molecule has 0 N–H and O–H groups in total. The molecule has 0 aliphatic carbocycles. The van der Waals surface area contributed by atoms with Crippen LogP contribution in [-0.2, 0) is 0 Å². The van der Waals surface area contributed by atoms with Crippen molar-refractivity contribution in [2.45, 2.75) is 0 Å². The largest absolute Gasteiger partial charge is 0.268 e. The lowest BCUT2D eigenvalue weighted by molar-refractivity contribution is 0.0722. The van der Waals surface area contributed by atoms with Crippen LogP contribution < -0.4 is 4.90 Å². The highest BCUT2D eigenvalue weighted by Crippen LogP contribution is 2.37. The van der Waals surface area contributed by atoms with E-state index in [0.717, 1.165) is 16.0 Å². The number of carbonyl (C=O) groups excluding carboxylic acids is 4. The highest BCUT2D eigenvalue weighted by Gasteiger charge is 2.43. The fourth-order valence-electron chi connectivity index (χ4n) is 3.34. The quantitative estimate of drug-likeness (QED) is 0.803. The number of benzene rings is 2.